The van der Waals surface area contributed by atoms with Crippen molar-refractivity contribution in [2.24, 2.45) is 0 Å². The van der Waals surface area contributed by atoms with Crippen LogP contribution < -0.4 is 10.1 Å². The highest BCUT2D eigenvalue weighted by Crippen LogP contribution is 2.27. The Hall–Kier alpha value is -2.59. The number of benzene rings is 2. The van der Waals surface area contributed by atoms with E-state index in [9.17, 15) is 4.79 Å². The van der Waals surface area contributed by atoms with Gasteiger partial charge in [0.1, 0.15) is 5.75 Å². The summed E-state index contributed by atoms with van der Waals surface area (Å²) in [5, 5.41) is 5.16. The minimum atomic E-state index is -0.163. The van der Waals surface area contributed by atoms with Gasteiger partial charge in [-0.25, -0.2) is 0 Å². The number of hydrogen-bond donors (Lipinski definition) is 1. The van der Waals surface area contributed by atoms with Crippen molar-refractivity contribution >= 4 is 17.2 Å². The van der Waals surface area contributed by atoms with Crippen LogP contribution in [0, 0.1) is 6.92 Å². The molecule has 0 aliphatic carbocycles. The van der Waals surface area contributed by atoms with Gasteiger partial charge in [-0.15, -0.1) is 11.3 Å². The lowest BCUT2D eigenvalue weighted by atomic mass is 10.0. The molecule has 3 nitrogen and oxygen atoms in total. The SMILES string of the molecule is COc1cccc(C(=O)N[C@H](c2ccc(C)cc2)c2cccs2)c1. The number of hydrogen-bond acceptors (Lipinski definition) is 3. The van der Waals surface area contributed by atoms with Gasteiger partial charge in [0, 0.05) is 10.4 Å². The van der Waals surface area contributed by atoms with Gasteiger partial charge in [0.2, 0.25) is 0 Å². The van der Waals surface area contributed by atoms with Gasteiger partial charge in [0.15, 0.2) is 0 Å². The predicted molar refractivity (Wildman–Crippen MR) is 97.8 cm³/mol. The minimum Gasteiger partial charge on any atom is -0.497 e. The van der Waals surface area contributed by atoms with E-state index in [4.69, 9.17) is 4.74 Å². The van der Waals surface area contributed by atoms with Crippen molar-refractivity contribution in [1.82, 2.24) is 5.32 Å². The summed E-state index contributed by atoms with van der Waals surface area (Å²) in [5.74, 6) is 0.554. The first-order valence-corrected chi connectivity index (χ1v) is 8.60. The highest BCUT2D eigenvalue weighted by Gasteiger charge is 2.19. The maximum absolute atomic E-state index is 12.7. The second kappa shape index (κ2) is 7.32. The number of methoxy groups -OCH3 is 1. The first-order chi connectivity index (χ1) is 11.7. The summed E-state index contributed by atoms with van der Waals surface area (Å²) in [6, 6.07) is 19.3. The van der Waals surface area contributed by atoms with Crippen LogP contribution >= 0.6 is 11.3 Å². The zero-order chi connectivity index (χ0) is 16.9. The van der Waals surface area contributed by atoms with Gasteiger partial charge < -0.3 is 10.1 Å². The lowest BCUT2D eigenvalue weighted by Crippen LogP contribution is -2.28. The van der Waals surface area contributed by atoms with Crippen LogP contribution in [0.3, 0.4) is 0 Å². The number of amides is 1. The first-order valence-electron chi connectivity index (χ1n) is 7.72. The molecule has 122 valence electrons. The first kappa shape index (κ1) is 16.3. The number of ether oxygens (including phenoxy) is 1. The summed E-state index contributed by atoms with van der Waals surface area (Å²) in [7, 11) is 1.60. The summed E-state index contributed by atoms with van der Waals surface area (Å²) in [6.45, 7) is 2.05. The molecule has 1 aromatic heterocycles. The quantitative estimate of drug-likeness (QED) is 0.740. The van der Waals surface area contributed by atoms with Crippen molar-refractivity contribution < 1.29 is 9.53 Å². The molecule has 2 aromatic carbocycles. The average molecular weight is 337 g/mol. The third-order valence-corrected chi connectivity index (χ3v) is 4.78. The average Bonchev–Trinajstić information content (AvgIpc) is 3.15. The fourth-order valence-corrected chi connectivity index (χ4v) is 3.31. The Labute approximate surface area is 145 Å². The number of aryl methyl sites for hydroxylation is 1. The lowest BCUT2D eigenvalue weighted by Gasteiger charge is -2.18. The van der Waals surface area contributed by atoms with E-state index < -0.39 is 0 Å². The standard InChI is InChI=1S/C20H19NO2S/c1-14-8-10-15(11-9-14)19(18-7-4-12-24-18)21-20(22)16-5-3-6-17(13-16)23-2/h3-13,19H,1-2H3,(H,21,22)/t19-/m1/s1. The van der Waals surface area contributed by atoms with E-state index in [0.717, 1.165) is 10.4 Å². The zero-order valence-electron chi connectivity index (χ0n) is 13.7. The highest BCUT2D eigenvalue weighted by atomic mass is 32.1. The van der Waals surface area contributed by atoms with Crippen LogP contribution in [0.15, 0.2) is 66.0 Å². The Balaban J connectivity index is 1.89. The van der Waals surface area contributed by atoms with Crippen molar-refractivity contribution in [3.63, 3.8) is 0 Å². The highest BCUT2D eigenvalue weighted by molar-refractivity contribution is 7.10. The molecule has 0 bridgehead atoms. The molecule has 0 spiro atoms. The van der Waals surface area contributed by atoms with Crippen LogP contribution in [-0.2, 0) is 0 Å². The molecule has 1 N–H and O–H groups in total. The topological polar surface area (TPSA) is 38.3 Å². The minimum absolute atomic E-state index is 0.118. The van der Waals surface area contributed by atoms with Gasteiger partial charge in [-0.05, 0) is 42.1 Å². The van der Waals surface area contributed by atoms with Gasteiger partial charge in [0.25, 0.3) is 5.91 Å². The summed E-state index contributed by atoms with van der Waals surface area (Å²) in [4.78, 5) is 13.8. The molecule has 24 heavy (non-hydrogen) atoms. The molecule has 0 saturated heterocycles. The zero-order valence-corrected chi connectivity index (χ0v) is 14.5. The molecule has 1 amide bonds. The van der Waals surface area contributed by atoms with E-state index in [2.05, 4.69) is 36.5 Å². The van der Waals surface area contributed by atoms with E-state index >= 15 is 0 Å². The van der Waals surface area contributed by atoms with Crippen LogP contribution in [0.5, 0.6) is 5.75 Å². The van der Waals surface area contributed by atoms with Crippen molar-refractivity contribution in [3.05, 3.63) is 87.6 Å². The van der Waals surface area contributed by atoms with E-state index in [1.165, 1.54) is 5.56 Å². The van der Waals surface area contributed by atoms with E-state index in [1.807, 2.05) is 29.6 Å². The molecule has 0 fully saturated rings. The number of nitrogens with one attached hydrogen (secondary N) is 1. The number of carbonyl (C=O) groups excluding carboxylic acids is 1. The van der Waals surface area contributed by atoms with Crippen molar-refractivity contribution in [1.29, 1.82) is 0 Å². The van der Waals surface area contributed by atoms with Gasteiger partial charge in [0.05, 0.1) is 13.2 Å². The van der Waals surface area contributed by atoms with Crippen molar-refractivity contribution in [2.45, 2.75) is 13.0 Å². The second-order valence-corrected chi connectivity index (χ2v) is 6.54. The Morgan fingerprint density at radius 1 is 1.08 bits per heavy atom. The summed E-state index contributed by atoms with van der Waals surface area (Å²) >= 11 is 1.64. The lowest BCUT2D eigenvalue weighted by molar-refractivity contribution is 0.0943. The second-order valence-electron chi connectivity index (χ2n) is 5.56. The molecule has 1 atom stereocenters. The molecule has 0 aliphatic heterocycles. The third kappa shape index (κ3) is 3.66. The molecular weight excluding hydrogens is 318 g/mol. The number of rotatable bonds is 5. The van der Waals surface area contributed by atoms with Crippen molar-refractivity contribution in [3.8, 4) is 5.75 Å². The van der Waals surface area contributed by atoms with E-state index in [-0.39, 0.29) is 11.9 Å². The van der Waals surface area contributed by atoms with E-state index in [1.54, 1.807) is 30.6 Å². The van der Waals surface area contributed by atoms with Crippen molar-refractivity contribution in [2.75, 3.05) is 7.11 Å². The normalized spacial score (nSPS) is 11.8. The summed E-state index contributed by atoms with van der Waals surface area (Å²) < 4.78 is 5.20. The van der Waals surface area contributed by atoms with Crippen LogP contribution in [-0.4, -0.2) is 13.0 Å². The Bertz CT molecular complexity index is 810. The molecule has 3 rings (SSSR count). The fraction of sp³-hybridized carbons (Fsp3) is 0.150. The van der Waals surface area contributed by atoms with Gasteiger partial charge in [-0.3, -0.25) is 4.79 Å². The maximum atomic E-state index is 12.7. The molecule has 4 heteroatoms. The monoisotopic (exact) mass is 337 g/mol. The number of thiophene rings is 1. The van der Waals surface area contributed by atoms with Crippen LogP contribution in [0.25, 0.3) is 0 Å². The fourth-order valence-electron chi connectivity index (χ4n) is 2.51. The van der Waals surface area contributed by atoms with E-state index in [0.29, 0.717) is 11.3 Å². The molecular formula is C20H19NO2S. The third-order valence-electron chi connectivity index (χ3n) is 3.85. The molecule has 1 heterocycles. The van der Waals surface area contributed by atoms with Gasteiger partial charge in [-0.2, -0.15) is 0 Å². The van der Waals surface area contributed by atoms with Crippen LogP contribution in [0.4, 0.5) is 0 Å². The summed E-state index contributed by atoms with van der Waals surface area (Å²) in [5.41, 5.74) is 2.85. The molecule has 3 aromatic rings. The van der Waals surface area contributed by atoms with Gasteiger partial charge >= 0.3 is 0 Å². The van der Waals surface area contributed by atoms with Gasteiger partial charge in [-0.1, -0.05) is 42.0 Å². The molecule has 0 unspecified atom stereocenters. The molecule has 0 saturated carbocycles. The Morgan fingerprint density at radius 2 is 1.88 bits per heavy atom. The number of carbonyl (C=O) groups is 1. The Kier molecular flexibility index (Phi) is 4.96. The predicted octanol–water partition coefficient (Wildman–Crippen LogP) is 4.58. The smallest absolute Gasteiger partial charge is 0.252 e. The Morgan fingerprint density at radius 3 is 2.54 bits per heavy atom. The summed E-state index contributed by atoms with van der Waals surface area (Å²) in [6.07, 6.45) is 0. The molecule has 0 radical (unpaired) electrons. The largest absolute Gasteiger partial charge is 0.497 e. The van der Waals surface area contributed by atoms with Crippen LogP contribution in [0.2, 0.25) is 0 Å². The maximum Gasteiger partial charge on any atom is 0.252 e. The van der Waals surface area contributed by atoms with Crippen LogP contribution in [0.1, 0.15) is 32.4 Å². The molecule has 0 aliphatic rings.